The van der Waals surface area contributed by atoms with E-state index in [0.29, 0.717) is 23.9 Å². The minimum atomic E-state index is -0.110. The molecule has 1 atom stereocenters. The number of piperidine rings is 1. The Balaban J connectivity index is 1.91. The molecule has 0 aliphatic carbocycles. The SMILES string of the molecule is O=C(c1cc2ccccc2c(Cl)n1)N1CCCC(CO)C1. The summed E-state index contributed by atoms with van der Waals surface area (Å²) in [7, 11) is 0. The molecule has 1 aliphatic rings. The van der Waals surface area contributed by atoms with E-state index in [2.05, 4.69) is 4.98 Å². The fourth-order valence-corrected chi connectivity index (χ4v) is 3.09. The molecule has 0 spiro atoms. The predicted molar refractivity (Wildman–Crippen MR) is 82.5 cm³/mol. The summed E-state index contributed by atoms with van der Waals surface area (Å²) in [6.45, 7) is 1.42. The number of fused-ring (bicyclic) bond motifs is 1. The average molecular weight is 305 g/mol. The van der Waals surface area contributed by atoms with Crippen molar-refractivity contribution in [3.8, 4) is 0 Å². The third-order valence-electron chi connectivity index (χ3n) is 3.98. The molecule has 0 saturated carbocycles. The minimum absolute atomic E-state index is 0.110. The second-order valence-electron chi connectivity index (χ2n) is 5.46. The highest BCUT2D eigenvalue weighted by molar-refractivity contribution is 6.34. The molecule has 3 rings (SSSR count). The molecule has 1 saturated heterocycles. The van der Waals surface area contributed by atoms with E-state index in [-0.39, 0.29) is 18.4 Å². The number of likely N-dealkylation sites (tertiary alicyclic amines) is 1. The number of amides is 1. The molecule has 1 aromatic carbocycles. The number of nitrogens with zero attached hydrogens (tertiary/aromatic N) is 2. The molecule has 1 aliphatic heterocycles. The zero-order chi connectivity index (χ0) is 14.8. The number of aliphatic hydroxyl groups excluding tert-OH is 1. The van der Waals surface area contributed by atoms with Crippen LogP contribution in [-0.4, -0.2) is 40.6 Å². The van der Waals surface area contributed by atoms with Crippen LogP contribution < -0.4 is 0 Å². The van der Waals surface area contributed by atoms with Crippen LogP contribution in [0.5, 0.6) is 0 Å². The summed E-state index contributed by atoms with van der Waals surface area (Å²) < 4.78 is 0. The highest BCUT2D eigenvalue weighted by Crippen LogP contribution is 2.24. The van der Waals surface area contributed by atoms with Crippen molar-refractivity contribution in [2.75, 3.05) is 19.7 Å². The van der Waals surface area contributed by atoms with Gasteiger partial charge in [-0.2, -0.15) is 0 Å². The van der Waals surface area contributed by atoms with Gasteiger partial charge in [0, 0.05) is 25.1 Å². The predicted octanol–water partition coefficient (Wildman–Crippen LogP) is 2.73. The van der Waals surface area contributed by atoms with Crippen molar-refractivity contribution in [1.82, 2.24) is 9.88 Å². The maximum atomic E-state index is 12.6. The summed E-state index contributed by atoms with van der Waals surface area (Å²) in [5.41, 5.74) is 0.372. The number of pyridine rings is 1. The van der Waals surface area contributed by atoms with E-state index in [0.717, 1.165) is 23.6 Å². The van der Waals surface area contributed by atoms with Gasteiger partial charge in [0.25, 0.3) is 5.91 Å². The molecule has 1 amide bonds. The van der Waals surface area contributed by atoms with Crippen LogP contribution in [0.15, 0.2) is 30.3 Å². The van der Waals surface area contributed by atoms with Gasteiger partial charge in [-0.25, -0.2) is 4.98 Å². The molecule has 1 N–H and O–H groups in total. The zero-order valence-electron chi connectivity index (χ0n) is 11.6. The van der Waals surface area contributed by atoms with E-state index in [1.165, 1.54) is 0 Å². The van der Waals surface area contributed by atoms with E-state index in [9.17, 15) is 9.90 Å². The molecule has 2 heterocycles. The Morgan fingerprint density at radius 1 is 1.43 bits per heavy atom. The quantitative estimate of drug-likeness (QED) is 0.868. The Labute approximate surface area is 128 Å². The number of carbonyl (C=O) groups excluding carboxylic acids is 1. The smallest absolute Gasteiger partial charge is 0.272 e. The number of aliphatic hydroxyl groups is 1. The standard InChI is InChI=1S/C16H17ClN2O2/c17-15-13-6-2-1-5-12(13)8-14(18-15)16(21)19-7-3-4-11(9-19)10-20/h1-2,5-6,8,11,20H,3-4,7,9-10H2. The Morgan fingerprint density at radius 2 is 2.24 bits per heavy atom. The number of carbonyl (C=O) groups is 1. The monoisotopic (exact) mass is 304 g/mol. The van der Waals surface area contributed by atoms with Crippen molar-refractivity contribution in [1.29, 1.82) is 0 Å². The van der Waals surface area contributed by atoms with Gasteiger partial charge in [-0.05, 0) is 30.2 Å². The van der Waals surface area contributed by atoms with Gasteiger partial charge in [0.05, 0.1) is 0 Å². The summed E-state index contributed by atoms with van der Waals surface area (Å²) >= 11 is 6.18. The number of hydrogen-bond acceptors (Lipinski definition) is 3. The Kier molecular flexibility index (Phi) is 4.08. The lowest BCUT2D eigenvalue weighted by atomic mass is 9.98. The van der Waals surface area contributed by atoms with Crippen LogP contribution >= 0.6 is 11.6 Å². The number of benzene rings is 1. The molecular formula is C16H17ClN2O2. The van der Waals surface area contributed by atoms with E-state index < -0.39 is 0 Å². The largest absolute Gasteiger partial charge is 0.396 e. The molecule has 4 nitrogen and oxygen atoms in total. The first-order valence-electron chi connectivity index (χ1n) is 7.14. The van der Waals surface area contributed by atoms with E-state index in [4.69, 9.17) is 11.6 Å². The Bertz CT molecular complexity index is 674. The van der Waals surface area contributed by atoms with Crippen molar-refractivity contribution in [3.05, 3.63) is 41.2 Å². The molecule has 1 fully saturated rings. The first-order valence-corrected chi connectivity index (χ1v) is 7.52. The fraction of sp³-hybridized carbons (Fsp3) is 0.375. The minimum Gasteiger partial charge on any atom is -0.396 e. The van der Waals surface area contributed by atoms with Gasteiger partial charge in [0.1, 0.15) is 10.8 Å². The Hall–Kier alpha value is -1.65. The molecular weight excluding hydrogens is 288 g/mol. The number of aromatic nitrogens is 1. The van der Waals surface area contributed by atoms with Crippen molar-refractivity contribution in [3.63, 3.8) is 0 Å². The van der Waals surface area contributed by atoms with Crippen molar-refractivity contribution >= 4 is 28.3 Å². The Morgan fingerprint density at radius 3 is 3.05 bits per heavy atom. The summed E-state index contributed by atoms with van der Waals surface area (Å²) in [5, 5.41) is 11.4. The topological polar surface area (TPSA) is 53.4 Å². The normalized spacial score (nSPS) is 19.0. The molecule has 21 heavy (non-hydrogen) atoms. The summed E-state index contributed by atoms with van der Waals surface area (Å²) in [5.74, 6) is 0.0550. The van der Waals surface area contributed by atoms with Crippen LogP contribution in [0.25, 0.3) is 10.8 Å². The van der Waals surface area contributed by atoms with Crippen molar-refractivity contribution in [2.24, 2.45) is 5.92 Å². The maximum absolute atomic E-state index is 12.6. The van der Waals surface area contributed by atoms with Gasteiger partial charge in [0.15, 0.2) is 0 Å². The fourth-order valence-electron chi connectivity index (χ4n) is 2.83. The molecule has 1 unspecified atom stereocenters. The lowest BCUT2D eigenvalue weighted by Gasteiger charge is -2.31. The van der Waals surface area contributed by atoms with E-state index in [1.54, 1.807) is 11.0 Å². The van der Waals surface area contributed by atoms with Crippen LogP contribution in [0.4, 0.5) is 0 Å². The van der Waals surface area contributed by atoms with Gasteiger partial charge in [0.2, 0.25) is 0 Å². The lowest BCUT2D eigenvalue weighted by molar-refractivity contribution is 0.0615. The van der Waals surface area contributed by atoms with E-state index >= 15 is 0 Å². The van der Waals surface area contributed by atoms with Gasteiger partial charge in [-0.15, -0.1) is 0 Å². The number of halogens is 1. The first kappa shape index (κ1) is 14.3. The van der Waals surface area contributed by atoms with Crippen molar-refractivity contribution in [2.45, 2.75) is 12.8 Å². The van der Waals surface area contributed by atoms with Crippen LogP contribution in [0, 0.1) is 5.92 Å². The average Bonchev–Trinajstić information content (AvgIpc) is 2.54. The molecule has 5 heteroatoms. The maximum Gasteiger partial charge on any atom is 0.272 e. The molecule has 0 bridgehead atoms. The van der Waals surface area contributed by atoms with E-state index in [1.807, 2.05) is 24.3 Å². The van der Waals surface area contributed by atoms with Crippen LogP contribution in [-0.2, 0) is 0 Å². The molecule has 110 valence electrons. The van der Waals surface area contributed by atoms with Crippen molar-refractivity contribution < 1.29 is 9.90 Å². The summed E-state index contributed by atoms with van der Waals surface area (Å²) in [6, 6.07) is 9.41. The first-order chi connectivity index (χ1) is 10.2. The molecule has 2 aromatic rings. The van der Waals surface area contributed by atoms with Crippen LogP contribution in [0.3, 0.4) is 0 Å². The number of hydrogen-bond donors (Lipinski definition) is 1. The summed E-state index contributed by atoms with van der Waals surface area (Å²) in [4.78, 5) is 18.6. The lowest BCUT2D eigenvalue weighted by Crippen LogP contribution is -2.41. The van der Waals surface area contributed by atoms with Gasteiger partial charge in [-0.3, -0.25) is 4.79 Å². The van der Waals surface area contributed by atoms with Gasteiger partial charge < -0.3 is 10.0 Å². The molecule has 0 radical (unpaired) electrons. The van der Waals surface area contributed by atoms with Gasteiger partial charge in [-0.1, -0.05) is 35.9 Å². The zero-order valence-corrected chi connectivity index (χ0v) is 12.4. The second kappa shape index (κ2) is 6.00. The highest BCUT2D eigenvalue weighted by atomic mass is 35.5. The molecule has 1 aromatic heterocycles. The van der Waals surface area contributed by atoms with Crippen LogP contribution in [0.2, 0.25) is 5.15 Å². The van der Waals surface area contributed by atoms with Crippen LogP contribution in [0.1, 0.15) is 23.3 Å². The number of rotatable bonds is 2. The third-order valence-corrected chi connectivity index (χ3v) is 4.27. The van der Waals surface area contributed by atoms with Gasteiger partial charge >= 0.3 is 0 Å². The summed E-state index contributed by atoms with van der Waals surface area (Å²) in [6.07, 6.45) is 1.88. The third kappa shape index (κ3) is 2.87. The highest BCUT2D eigenvalue weighted by Gasteiger charge is 2.25. The second-order valence-corrected chi connectivity index (χ2v) is 5.82.